The van der Waals surface area contributed by atoms with Crippen LogP contribution in [-0.2, 0) is 0 Å². The van der Waals surface area contributed by atoms with Crippen LogP contribution in [0, 0.1) is 6.92 Å². The molecule has 1 aromatic heterocycles. The van der Waals surface area contributed by atoms with Gasteiger partial charge in [-0.2, -0.15) is 0 Å². The highest BCUT2D eigenvalue weighted by Gasteiger charge is 2.18. The Labute approximate surface area is 131 Å². The Morgan fingerprint density at radius 2 is 2.09 bits per heavy atom. The van der Waals surface area contributed by atoms with Gasteiger partial charge >= 0.3 is 0 Å². The largest absolute Gasteiger partial charge is 0.507 e. The fourth-order valence-corrected chi connectivity index (χ4v) is 2.93. The predicted octanol–water partition coefficient (Wildman–Crippen LogP) is 2.66. The molecule has 3 rings (SSSR count). The van der Waals surface area contributed by atoms with E-state index in [-0.39, 0.29) is 5.75 Å². The molecule has 0 amide bonds. The minimum Gasteiger partial charge on any atom is -0.507 e. The molecular weight excluding hydrogens is 276 g/mol. The fourth-order valence-electron chi connectivity index (χ4n) is 2.93. The highest BCUT2D eigenvalue weighted by Crippen LogP contribution is 2.28. The van der Waals surface area contributed by atoms with E-state index in [9.17, 15) is 5.11 Å². The average Bonchev–Trinajstić information content (AvgIpc) is 2.50. The first-order chi connectivity index (χ1) is 10.6. The Balaban J connectivity index is 1.79. The van der Waals surface area contributed by atoms with Crippen LogP contribution in [0.15, 0.2) is 30.3 Å². The van der Waals surface area contributed by atoms with Crippen LogP contribution in [-0.4, -0.2) is 46.4 Å². The summed E-state index contributed by atoms with van der Waals surface area (Å²) in [5.74, 6) is 1.06. The molecule has 2 heterocycles. The molecule has 5 nitrogen and oxygen atoms in total. The number of benzene rings is 1. The molecule has 0 bridgehead atoms. The summed E-state index contributed by atoms with van der Waals surface area (Å²) in [6.07, 6.45) is 2.36. The molecule has 1 aliphatic heterocycles. The molecule has 2 N–H and O–H groups in total. The van der Waals surface area contributed by atoms with Crippen molar-refractivity contribution in [3.05, 3.63) is 35.9 Å². The van der Waals surface area contributed by atoms with E-state index >= 15 is 0 Å². The van der Waals surface area contributed by atoms with Gasteiger partial charge in [-0.05, 0) is 57.1 Å². The minimum atomic E-state index is 0.228. The van der Waals surface area contributed by atoms with Gasteiger partial charge in [0.25, 0.3) is 0 Å². The van der Waals surface area contributed by atoms with Crippen molar-refractivity contribution in [3.8, 4) is 17.0 Å². The SMILES string of the molecule is Cc1cc(-c2ccccc2O)nnc1N[C@@H]1CCCN(C)C1. The maximum atomic E-state index is 9.93. The first-order valence-electron chi connectivity index (χ1n) is 7.71. The van der Waals surface area contributed by atoms with Crippen molar-refractivity contribution < 1.29 is 5.11 Å². The summed E-state index contributed by atoms with van der Waals surface area (Å²) in [6, 6.07) is 9.59. The molecular formula is C17H22N4O. The molecule has 1 aliphatic rings. The topological polar surface area (TPSA) is 61.3 Å². The number of phenols is 1. The number of aryl methyl sites for hydroxylation is 1. The lowest BCUT2D eigenvalue weighted by molar-refractivity contribution is 0.260. The summed E-state index contributed by atoms with van der Waals surface area (Å²) >= 11 is 0. The Morgan fingerprint density at radius 1 is 1.27 bits per heavy atom. The van der Waals surface area contributed by atoms with Gasteiger partial charge in [0.05, 0.1) is 5.69 Å². The smallest absolute Gasteiger partial charge is 0.151 e. The van der Waals surface area contributed by atoms with Crippen LogP contribution in [0.4, 0.5) is 5.82 Å². The summed E-state index contributed by atoms with van der Waals surface area (Å²) in [5, 5.41) is 22.0. The highest BCUT2D eigenvalue weighted by atomic mass is 16.3. The van der Waals surface area contributed by atoms with E-state index < -0.39 is 0 Å². The van der Waals surface area contributed by atoms with Gasteiger partial charge in [-0.25, -0.2) is 0 Å². The number of hydrogen-bond donors (Lipinski definition) is 2. The fraction of sp³-hybridized carbons (Fsp3) is 0.412. The third-order valence-electron chi connectivity index (χ3n) is 4.13. The minimum absolute atomic E-state index is 0.228. The van der Waals surface area contributed by atoms with Crippen LogP contribution < -0.4 is 5.32 Å². The Hall–Kier alpha value is -2.14. The van der Waals surface area contributed by atoms with Crippen LogP contribution in [0.5, 0.6) is 5.75 Å². The standard InChI is InChI=1S/C17H22N4O/c1-12-10-15(14-7-3-4-8-16(14)22)19-20-17(12)18-13-6-5-9-21(2)11-13/h3-4,7-8,10,13,22H,5-6,9,11H2,1-2H3,(H,18,20)/t13-/m1/s1. The molecule has 1 fully saturated rings. The zero-order valence-corrected chi connectivity index (χ0v) is 13.1. The Morgan fingerprint density at radius 3 is 2.82 bits per heavy atom. The Kier molecular flexibility index (Phi) is 4.24. The molecule has 0 aliphatic carbocycles. The van der Waals surface area contributed by atoms with Crippen LogP contribution in [0.25, 0.3) is 11.3 Å². The van der Waals surface area contributed by atoms with E-state index in [1.165, 1.54) is 6.42 Å². The summed E-state index contributed by atoms with van der Waals surface area (Å²) < 4.78 is 0. The molecule has 1 saturated heterocycles. The van der Waals surface area contributed by atoms with Gasteiger partial charge < -0.3 is 15.3 Å². The molecule has 22 heavy (non-hydrogen) atoms. The van der Waals surface area contributed by atoms with E-state index in [1.54, 1.807) is 12.1 Å². The number of anilines is 1. The van der Waals surface area contributed by atoms with Gasteiger partial charge in [0.15, 0.2) is 5.82 Å². The molecule has 0 saturated carbocycles. The molecule has 0 spiro atoms. The number of piperidine rings is 1. The lowest BCUT2D eigenvalue weighted by Crippen LogP contribution is -2.40. The van der Waals surface area contributed by atoms with Crippen molar-refractivity contribution in [2.45, 2.75) is 25.8 Å². The van der Waals surface area contributed by atoms with Crippen LogP contribution in [0.3, 0.4) is 0 Å². The third-order valence-corrected chi connectivity index (χ3v) is 4.13. The lowest BCUT2D eigenvalue weighted by atomic mass is 10.1. The summed E-state index contributed by atoms with van der Waals surface area (Å²) in [6.45, 7) is 4.21. The second kappa shape index (κ2) is 6.32. The van der Waals surface area contributed by atoms with Crippen molar-refractivity contribution in [1.82, 2.24) is 15.1 Å². The van der Waals surface area contributed by atoms with Gasteiger partial charge in [-0.1, -0.05) is 12.1 Å². The van der Waals surface area contributed by atoms with Crippen molar-refractivity contribution >= 4 is 5.82 Å². The summed E-state index contributed by atoms with van der Waals surface area (Å²) in [5.41, 5.74) is 2.45. The van der Waals surface area contributed by atoms with Gasteiger partial charge in [0.2, 0.25) is 0 Å². The maximum absolute atomic E-state index is 9.93. The highest BCUT2D eigenvalue weighted by molar-refractivity contribution is 5.67. The van der Waals surface area contributed by atoms with Crippen molar-refractivity contribution in [1.29, 1.82) is 0 Å². The zero-order chi connectivity index (χ0) is 15.5. The van der Waals surface area contributed by atoms with Crippen LogP contribution in [0.1, 0.15) is 18.4 Å². The number of aromatic hydroxyl groups is 1. The molecule has 5 heteroatoms. The molecule has 1 atom stereocenters. The lowest BCUT2D eigenvalue weighted by Gasteiger charge is -2.30. The number of aromatic nitrogens is 2. The van der Waals surface area contributed by atoms with E-state index in [4.69, 9.17) is 0 Å². The normalized spacial score (nSPS) is 19.1. The zero-order valence-electron chi connectivity index (χ0n) is 13.1. The van der Waals surface area contributed by atoms with Gasteiger partial charge in [0, 0.05) is 18.2 Å². The number of para-hydroxylation sites is 1. The first kappa shape index (κ1) is 14.8. The van der Waals surface area contributed by atoms with E-state index in [0.29, 0.717) is 17.3 Å². The van der Waals surface area contributed by atoms with Gasteiger partial charge in [0.1, 0.15) is 5.75 Å². The number of nitrogens with zero attached hydrogens (tertiary/aromatic N) is 3. The van der Waals surface area contributed by atoms with Crippen molar-refractivity contribution in [2.75, 3.05) is 25.5 Å². The molecule has 1 aromatic carbocycles. The number of phenolic OH excluding ortho intramolecular Hbond substituents is 1. The van der Waals surface area contributed by atoms with E-state index in [1.807, 2.05) is 25.1 Å². The number of hydrogen-bond acceptors (Lipinski definition) is 5. The molecule has 0 unspecified atom stereocenters. The third kappa shape index (κ3) is 3.20. The summed E-state index contributed by atoms with van der Waals surface area (Å²) in [7, 11) is 2.15. The second-order valence-electron chi connectivity index (χ2n) is 6.02. The van der Waals surface area contributed by atoms with E-state index in [0.717, 1.165) is 30.9 Å². The average molecular weight is 298 g/mol. The number of nitrogens with one attached hydrogen (secondary N) is 1. The summed E-state index contributed by atoms with van der Waals surface area (Å²) in [4.78, 5) is 2.33. The molecule has 116 valence electrons. The monoisotopic (exact) mass is 298 g/mol. The second-order valence-corrected chi connectivity index (χ2v) is 6.02. The predicted molar refractivity (Wildman–Crippen MR) is 88.0 cm³/mol. The van der Waals surface area contributed by atoms with Crippen LogP contribution in [0.2, 0.25) is 0 Å². The van der Waals surface area contributed by atoms with Gasteiger partial charge in [-0.3, -0.25) is 0 Å². The number of likely N-dealkylation sites (N-methyl/N-ethyl adjacent to an activating group) is 1. The van der Waals surface area contributed by atoms with E-state index in [2.05, 4.69) is 27.5 Å². The number of rotatable bonds is 3. The Bertz CT molecular complexity index is 659. The van der Waals surface area contributed by atoms with Crippen molar-refractivity contribution in [2.24, 2.45) is 0 Å². The van der Waals surface area contributed by atoms with Crippen LogP contribution >= 0.6 is 0 Å². The van der Waals surface area contributed by atoms with Gasteiger partial charge in [-0.15, -0.1) is 10.2 Å². The number of likely N-dealkylation sites (tertiary alicyclic amines) is 1. The first-order valence-corrected chi connectivity index (χ1v) is 7.71. The molecule has 0 radical (unpaired) electrons. The maximum Gasteiger partial charge on any atom is 0.151 e. The quantitative estimate of drug-likeness (QED) is 0.912. The molecule has 2 aromatic rings. The van der Waals surface area contributed by atoms with Crippen molar-refractivity contribution in [3.63, 3.8) is 0 Å².